The Hall–Kier alpha value is -3.19. The summed E-state index contributed by atoms with van der Waals surface area (Å²) in [5.74, 6) is -0.715. The first kappa shape index (κ1) is 22.5. The van der Waals surface area contributed by atoms with Crippen molar-refractivity contribution < 1.29 is 24.2 Å². The summed E-state index contributed by atoms with van der Waals surface area (Å²) < 4.78 is 10.8. The van der Waals surface area contributed by atoms with Gasteiger partial charge >= 0.3 is 0 Å². The van der Waals surface area contributed by atoms with Gasteiger partial charge in [0.25, 0.3) is 11.7 Å². The van der Waals surface area contributed by atoms with Crippen LogP contribution in [0.2, 0.25) is 0 Å². The third-order valence-corrected chi connectivity index (χ3v) is 5.28. The topological polar surface area (TPSA) is 89.0 Å². The maximum Gasteiger partial charge on any atom is 0.295 e. The highest BCUT2D eigenvalue weighted by molar-refractivity contribution is 6.46. The minimum Gasteiger partial charge on any atom is -0.507 e. The number of ketones is 1. The number of rotatable bonds is 8. The fraction of sp³-hybridized carbons (Fsp3) is 0.375. The first-order chi connectivity index (χ1) is 14.9. The van der Waals surface area contributed by atoms with E-state index < -0.39 is 17.7 Å². The van der Waals surface area contributed by atoms with Crippen molar-refractivity contribution in [3.8, 4) is 5.75 Å². The molecule has 7 nitrogen and oxygen atoms in total. The molecule has 1 saturated heterocycles. The zero-order valence-electron chi connectivity index (χ0n) is 18.3. The summed E-state index contributed by atoms with van der Waals surface area (Å²) in [5, 5.41) is 11.2. The summed E-state index contributed by atoms with van der Waals surface area (Å²) in [4.78, 5) is 31.3. The lowest BCUT2D eigenvalue weighted by atomic mass is 9.93. The molecule has 0 bridgehead atoms. The summed E-state index contributed by atoms with van der Waals surface area (Å²) >= 11 is 0. The van der Waals surface area contributed by atoms with E-state index in [-0.39, 0.29) is 30.4 Å². The Balaban J connectivity index is 2.15. The first-order valence-corrected chi connectivity index (χ1v) is 10.3. The summed E-state index contributed by atoms with van der Waals surface area (Å²) in [6, 6.07) is 8.09. The maximum atomic E-state index is 13.0. The molecule has 1 aliphatic rings. The van der Waals surface area contributed by atoms with Gasteiger partial charge in [-0.2, -0.15) is 0 Å². The van der Waals surface area contributed by atoms with Gasteiger partial charge in [-0.1, -0.05) is 19.9 Å². The third kappa shape index (κ3) is 4.46. The van der Waals surface area contributed by atoms with E-state index >= 15 is 0 Å². The molecule has 1 fully saturated rings. The Morgan fingerprint density at radius 2 is 2.03 bits per heavy atom. The van der Waals surface area contributed by atoms with Gasteiger partial charge < -0.3 is 19.5 Å². The lowest BCUT2D eigenvalue weighted by Gasteiger charge is -2.24. The van der Waals surface area contributed by atoms with Gasteiger partial charge in [0.2, 0.25) is 0 Å². The molecule has 1 aromatic heterocycles. The molecule has 31 heavy (non-hydrogen) atoms. The summed E-state index contributed by atoms with van der Waals surface area (Å²) in [6.07, 6.45) is 3.22. The van der Waals surface area contributed by atoms with Crippen molar-refractivity contribution in [1.82, 2.24) is 9.88 Å². The second-order valence-electron chi connectivity index (χ2n) is 7.61. The molecule has 1 atom stereocenters. The van der Waals surface area contributed by atoms with Crippen LogP contribution in [0.5, 0.6) is 5.75 Å². The molecule has 0 saturated carbocycles. The van der Waals surface area contributed by atoms with Gasteiger partial charge in [-0.3, -0.25) is 14.6 Å². The first-order valence-electron chi connectivity index (χ1n) is 10.3. The highest BCUT2D eigenvalue weighted by atomic mass is 16.5. The molecule has 1 N–H and O–H groups in total. The Bertz CT molecular complexity index is 985. The SMILES string of the molecule is CCOc1ccc(/C(O)=C2/C(=O)C(=O)N(CCOC)C2c2cccnc2)cc1C(C)C. The molecular weight excluding hydrogens is 396 g/mol. The van der Waals surface area contributed by atoms with Crippen molar-refractivity contribution in [2.24, 2.45) is 0 Å². The molecule has 3 rings (SSSR count). The monoisotopic (exact) mass is 424 g/mol. The Morgan fingerprint density at radius 3 is 2.65 bits per heavy atom. The van der Waals surface area contributed by atoms with Crippen LogP contribution in [0.4, 0.5) is 0 Å². The smallest absolute Gasteiger partial charge is 0.295 e. The van der Waals surface area contributed by atoms with Crippen LogP contribution in [-0.4, -0.2) is 53.5 Å². The van der Waals surface area contributed by atoms with E-state index in [1.807, 2.05) is 26.8 Å². The molecule has 1 amide bonds. The van der Waals surface area contributed by atoms with Crippen LogP contribution in [0.25, 0.3) is 5.76 Å². The summed E-state index contributed by atoms with van der Waals surface area (Å²) in [5.41, 5.74) is 2.07. The molecule has 1 aliphatic heterocycles. The van der Waals surface area contributed by atoms with Gasteiger partial charge in [-0.25, -0.2) is 0 Å². The highest BCUT2D eigenvalue weighted by Gasteiger charge is 2.46. The number of Topliss-reactive ketones (excluding diaryl/α,β-unsaturated/α-hetero) is 1. The molecule has 1 unspecified atom stereocenters. The van der Waals surface area contributed by atoms with Gasteiger partial charge in [-0.15, -0.1) is 0 Å². The van der Waals surface area contributed by atoms with Crippen LogP contribution in [0, 0.1) is 0 Å². The second kappa shape index (κ2) is 9.75. The number of carbonyl (C=O) groups is 2. The number of carbonyl (C=O) groups excluding carboxylic acids is 2. The van der Waals surface area contributed by atoms with Gasteiger partial charge in [0.15, 0.2) is 0 Å². The average Bonchev–Trinajstić information content (AvgIpc) is 3.02. The van der Waals surface area contributed by atoms with E-state index in [1.54, 1.807) is 36.7 Å². The summed E-state index contributed by atoms with van der Waals surface area (Å²) in [7, 11) is 1.53. The third-order valence-electron chi connectivity index (χ3n) is 5.28. The lowest BCUT2D eigenvalue weighted by molar-refractivity contribution is -0.140. The number of ether oxygens (including phenoxy) is 2. The van der Waals surface area contributed by atoms with E-state index in [9.17, 15) is 14.7 Å². The number of hydrogen-bond donors (Lipinski definition) is 1. The van der Waals surface area contributed by atoms with Crippen LogP contribution in [-0.2, 0) is 14.3 Å². The second-order valence-corrected chi connectivity index (χ2v) is 7.61. The zero-order chi connectivity index (χ0) is 22.5. The van der Waals surface area contributed by atoms with Crippen molar-refractivity contribution in [2.75, 3.05) is 26.9 Å². The number of aliphatic hydroxyl groups excluding tert-OH is 1. The Morgan fingerprint density at radius 1 is 1.26 bits per heavy atom. The van der Waals surface area contributed by atoms with E-state index in [2.05, 4.69) is 4.98 Å². The fourth-order valence-electron chi connectivity index (χ4n) is 3.77. The van der Waals surface area contributed by atoms with Crippen molar-refractivity contribution in [1.29, 1.82) is 0 Å². The van der Waals surface area contributed by atoms with Gasteiger partial charge in [0.1, 0.15) is 11.5 Å². The minimum absolute atomic E-state index is 0.0490. The minimum atomic E-state index is -0.738. The molecular formula is C24H28N2O5. The van der Waals surface area contributed by atoms with E-state index in [4.69, 9.17) is 9.47 Å². The molecule has 2 aromatic rings. The van der Waals surface area contributed by atoms with Crippen molar-refractivity contribution in [2.45, 2.75) is 32.7 Å². The zero-order valence-corrected chi connectivity index (χ0v) is 18.3. The molecule has 7 heteroatoms. The lowest BCUT2D eigenvalue weighted by Crippen LogP contribution is -2.32. The number of hydrogen-bond acceptors (Lipinski definition) is 6. The Labute approximate surface area is 182 Å². The highest BCUT2D eigenvalue weighted by Crippen LogP contribution is 2.40. The van der Waals surface area contributed by atoms with Crippen LogP contribution in [0.3, 0.4) is 0 Å². The number of amides is 1. The van der Waals surface area contributed by atoms with E-state index in [1.165, 1.54) is 12.0 Å². The summed E-state index contributed by atoms with van der Waals surface area (Å²) in [6.45, 7) is 6.98. The van der Waals surface area contributed by atoms with Crippen LogP contribution in [0.1, 0.15) is 49.4 Å². The average molecular weight is 424 g/mol. The maximum absolute atomic E-state index is 13.0. The van der Waals surface area contributed by atoms with Crippen LogP contribution >= 0.6 is 0 Å². The number of pyridine rings is 1. The van der Waals surface area contributed by atoms with Crippen LogP contribution in [0.15, 0.2) is 48.3 Å². The van der Waals surface area contributed by atoms with Crippen molar-refractivity contribution in [3.05, 3.63) is 65.0 Å². The quantitative estimate of drug-likeness (QED) is 0.395. The normalized spacial score (nSPS) is 18.1. The predicted molar refractivity (Wildman–Crippen MR) is 117 cm³/mol. The predicted octanol–water partition coefficient (Wildman–Crippen LogP) is 3.67. The molecule has 1 aromatic carbocycles. The number of aromatic nitrogens is 1. The molecule has 164 valence electrons. The van der Waals surface area contributed by atoms with Crippen LogP contribution < -0.4 is 4.74 Å². The molecule has 0 aliphatic carbocycles. The number of benzene rings is 1. The molecule has 0 spiro atoms. The van der Waals surface area contributed by atoms with Gasteiger partial charge in [-0.05, 0) is 48.2 Å². The van der Waals surface area contributed by atoms with E-state index in [0.717, 1.165) is 11.3 Å². The number of methoxy groups -OCH3 is 1. The van der Waals surface area contributed by atoms with Crippen molar-refractivity contribution >= 4 is 17.4 Å². The number of likely N-dealkylation sites (tertiary alicyclic amines) is 1. The molecule has 2 heterocycles. The number of nitrogens with zero attached hydrogens (tertiary/aromatic N) is 2. The largest absolute Gasteiger partial charge is 0.507 e. The van der Waals surface area contributed by atoms with E-state index in [0.29, 0.717) is 17.7 Å². The standard InChI is InChI=1S/C24H28N2O5/c1-5-31-19-9-8-16(13-18(19)15(2)3)22(27)20-21(17-7-6-10-25-14-17)26(11-12-30-4)24(29)23(20)28/h6-10,13-15,21,27H,5,11-12H2,1-4H3/b22-20-. The fourth-order valence-corrected chi connectivity index (χ4v) is 3.77. The van der Waals surface area contributed by atoms with Crippen molar-refractivity contribution in [3.63, 3.8) is 0 Å². The Kier molecular flexibility index (Phi) is 7.07. The van der Waals surface area contributed by atoms with Gasteiger partial charge in [0, 0.05) is 31.6 Å². The number of aliphatic hydroxyl groups is 1. The molecule has 0 radical (unpaired) electrons. The van der Waals surface area contributed by atoms with Gasteiger partial charge in [0.05, 0.1) is 24.8 Å².